The van der Waals surface area contributed by atoms with Crippen LogP contribution in [0.4, 0.5) is 0 Å². The summed E-state index contributed by atoms with van der Waals surface area (Å²) in [7, 11) is 0. The van der Waals surface area contributed by atoms with Crippen molar-refractivity contribution in [2.24, 2.45) is 5.92 Å². The summed E-state index contributed by atoms with van der Waals surface area (Å²) in [4.78, 5) is 26.4. The molecular weight excluding hydrogens is 248 g/mol. The Morgan fingerprint density at radius 3 is 2.72 bits per heavy atom. The van der Waals surface area contributed by atoms with E-state index in [1.165, 1.54) is 5.75 Å². The largest absolute Gasteiger partial charge is 0.340 e. The van der Waals surface area contributed by atoms with Crippen LogP contribution in [0.3, 0.4) is 0 Å². The van der Waals surface area contributed by atoms with Crippen LogP contribution in [-0.4, -0.2) is 46.3 Å². The minimum atomic E-state index is -0.628. The minimum Gasteiger partial charge on any atom is -0.340 e. The van der Waals surface area contributed by atoms with E-state index >= 15 is 0 Å². The predicted molar refractivity (Wildman–Crippen MR) is 71.3 cm³/mol. The van der Waals surface area contributed by atoms with Crippen molar-refractivity contribution in [1.82, 2.24) is 10.2 Å². The number of amides is 2. The van der Waals surface area contributed by atoms with E-state index in [9.17, 15) is 9.59 Å². The smallest absolute Gasteiger partial charge is 0.249 e. The monoisotopic (exact) mass is 268 g/mol. The van der Waals surface area contributed by atoms with Crippen molar-refractivity contribution in [3.63, 3.8) is 0 Å². The van der Waals surface area contributed by atoms with Gasteiger partial charge in [0.05, 0.1) is 6.54 Å². The van der Waals surface area contributed by atoms with E-state index in [0.717, 1.165) is 31.4 Å². The number of carbonyl (C=O) groups is 2. The molecule has 0 radical (unpaired) electrons. The predicted octanol–water partition coefficient (Wildman–Crippen LogP) is 1.01. The van der Waals surface area contributed by atoms with Gasteiger partial charge in [-0.05, 0) is 44.3 Å². The van der Waals surface area contributed by atoms with Gasteiger partial charge in [0.1, 0.15) is 5.54 Å². The summed E-state index contributed by atoms with van der Waals surface area (Å²) < 4.78 is 0. The number of hydrogen-bond donors (Lipinski definition) is 1. The van der Waals surface area contributed by atoms with Crippen LogP contribution in [-0.2, 0) is 9.59 Å². The molecule has 2 atom stereocenters. The van der Waals surface area contributed by atoms with Gasteiger partial charge in [0.2, 0.25) is 11.8 Å². The fraction of sp³-hybridized carbons (Fsp3) is 0.846. The van der Waals surface area contributed by atoms with Gasteiger partial charge in [0.15, 0.2) is 0 Å². The second-order valence-corrected chi connectivity index (χ2v) is 6.98. The average Bonchev–Trinajstić information content (AvgIpc) is 3.19. The van der Waals surface area contributed by atoms with Gasteiger partial charge in [-0.2, -0.15) is 11.8 Å². The molecule has 4 nitrogen and oxygen atoms in total. The molecule has 3 fully saturated rings. The Hall–Kier alpha value is -0.710. The third kappa shape index (κ3) is 2.02. The molecule has 0 aromatic rings. The van der Waals surface area contributed by atoms with Crippen molar-refractivity contribution in [1.29, 1.82) is 0 Å². The normalized spacial score (nSPS) is 37.6. The third-order valence-electron chi connectivity index (χ3n) is 4.39. The highest BCUT2D eigenvalue weighted by Crippen LogP contribution is 2.42. The van der Waals surface area contributed by atoms with Crippen LogP contribution in [0.25, 0.3) is 0 Å². The molecule has 1 aliphatic carbocycles. The number of carbonyl (C=O) groups excluding carboxylic acids is 2. The van der Waals surface area contributed by atoms with Crippen LogP contribution in [0, 0.1) is 5.92 Å². The molecule has 2 aliphatic heterocycles. The van der Waals surface area contributed by atoms with Crippen molar-refractivity contribution in [2.75, 3.05) is 18.1 Å². The van der Waals surface area contributed by atoms with E-state index in [-0.39, 0.29) is 24.4 Å². The molecule has 3 aliphatic rings. The fourth-order valence-electron chi connectivity index (χ4n) is 3.11. The summed E-state index contributed by atoms with van der Waals surface area (Å²) in [5, 5.41) is 2.94. The number of piperazine rings is 1. The first-order valence-electron chi connectivity index (χ1n) is 6.81. The summed E-state index contributed by atoms with van der Waals surface area (Å²) in [6.45, 7) is 2.17. The van der Waals surface area contributed by atoms with E-state index in [1.807, 2.05) is 23.6 Å². The van der Waals surface area contributed by atoms with Gasteiger partial charge in [-0.25, -0.2) is 0 Å². The molecule has 5 heteroatoms. The summed E-state index contributed by atoms with van der Waals surface area (Å²) in [6.07, 6.45) is 4.33. The minimum absolute atomic E-state index is 0.0135. The topological polar surface area (TPSA) is 49.4 Å². The van der Waals surface area contributed by atoms with Crippen LogP contribution in [0.2, 0.25) is 0 Å². The zero-order chi connectivity index (χ0) is 12.8. The van der Waals surface area contributed by atoms with E-state index in [4.69, 9.17) is 0 Å². The van der Waals surface area contributed by atoms with Crippen LogP contribution in [0.15, 0.2) is 0 Å². The molecule has 2 unspecified atom stereocenters. The van der Waals surface area contributed by atoms with Gasteiger partial charge in [-0.15, -0.1) is 0 Å². The highest BCUT2D eigenvalue weighted by atomic mass is 32.2. The first-order valence-corrected chi connectivity index (χ1v) is 7.96. The van der Waals surface area contributed by atoms with Crippen LogP contribution in [0.5, 0.6) is 0 Å². The lowest BCUT2D eigenvalue weighted by molar-refractivity contribution is -0.152. The zero-order valence-corrected chi connectivity index (χ0v) is 11.6. The van der Waals surface area contributed by atoms with Crippen molar-refractivity contribution < 1.29 is 9.59 Å². The zero-order valence-electron chi connectivity index (χ0n) is 10.8. The fourth-order valence-corrected chi connectivity index (χ4v) is 4.27. The number of nitrogens with one attached hydrogen (secondary N) is 1. The van der Waals surface area contributed by atoms with Gasteiger partial charge >= 0.3 is 0 Å². The second kappa shape index (κ2) is 4.44. The molecule has 3 rings (SSSR count). The summed E-state index contributed by atoms with van der Waals surface area (Å²) in [5.41, 5.74) is -0.628. The third-order valence-corrected chi connectivity index (χ3v) is 5.59. The Kier molecular flexibility index (Phi) is 3.04. The van der Waals surface area contributed by atoms with Gasteiger partial charge < -0.3 is 10.2 Å². The maximum absolute atomic E-state index is 12.7. The quantitative estimate of drug-likeness (QED) is 0.813. The Balaban J connectivity index is 1.80. The van der Waals surface area contributed by atoms with Crippen molar-refractivity contribution in [3.05, 3.63) is 0 Å². The van der Waals surface area contributed by atoms with Gasteiger partial charge in [-0.1, -0.05) is 0 Å². The van der Waals surface area contributed by atoms with Crippen molar-refractivity contribution in [2.45, 2.75) is 44.2 Å². The average molecular weight is 268 g/mol. The van der Waals surface area contributed by atoms with Gasteiger partial charge in [-0.3, -0.25) is 9.59 Å². The van der Waals surface area contributed by atoms with E-state index < -0.39 is 5.54 Å². The summed E-state index contributed by atoms with van der Waals surface area (Å²) in [6, 6.07) is 0.264. The summed E-state index contributed by atoms with van der Waals surface area (Å²) in [5.74, 6) is 2.69. The van der Waals surface area contributed by atoms with Crippen LogP contribution < -0.4 is 5.32 Å². The second-order valence-electron chi connectivity index (χ2n) is 5.83. The molecule has 100 valence electrons. The Morgan fingerprint density at radius 1 is 1.33 bits per heavy atom. The standard InChI is InChI=1S/C13H20N2O2S/c1-13(9-4-5-9)12(17)15(7-11(16)14-13)10-3-2-6-18-8-10/h9-10H,2-8H2,1H3,(H,14,16). The Labute approximate surface area is 112 Å². The molecule has 2 saturated heterocycles. The van der Waals surface area contributed by atoms with Gasteiger partial charge in [0.25, 0.3) is 0 Å². The SMILES string of the molecule is CC1(C2CC2)NC(=O)CN(C2CCCSC2)C1=O. The number of hydrogen-bond acceptors (Lipinski definition) is 3. The lowest BCUT2D eigenvalue weighted by Gasteiger charge is -2.44. The molecule has 0 aromatic carbocycles. The maximum Gasteiger partial charge on any atom is 0.249 e. The molecule has 2 amide bonds. The number of thioether (sulfide) groups is 1. The highest BCUT2D eigenvalue weighted by molar-refractivity contribution is 7.99. The van der Waals surface area contributed by atoms with Crippen LogP contribution in [0.1, 0.15) is 32.6 Å². The first kappa shape index (κ1) is 12.3. The molecule has 1 saturated carbocycles. The lowest BCUT2D eigenvalue weighted by Crippen LogP contribution is -2.68. The molecule has 0 bridgehead atoms. The molecule has 0 spiro atoms. The molecule has 2 heterocycles. The highest BCUT2D eigenvalue weighted by Gasteiger charge is 2.53. The number of nitrogens with zero attached hydrogens (tertiary/aromatic N) is 1. The van der Waals surface area contributed by atoms with E-state index in [2.05, 4.69) is 5.32 Å². The molecule has 1 N–H and O–H groups in total. The molecule has 18 heavy (non-hydrogen) atoms. The Morgan fingerprint density at radius 2 is 2.11 bits per heavy atom. The first-order chi connectivity index (χ1) is 8.61. The van der Waals surface area contributed by atoms with E-state index in [1.54, 1.807) is 0 Å². The Bertz CT molecular complexity index is 377. The number of rotatable bonds is 2. The van der Waals surface area contributed by atoms with E-state index in [0.29, 0.717) is 5.92 Å². The van der Waals surface area contributed by atoms with Gasteiger partial charge in [0, 0.05) is 11.8 Å². The molecule has 0 aromatic heterocycles. The summed E-state index contributed by atoms with van der Waals surface area (Å²) >= 11 is 1.90. The van der Waals surface area contributed by atoms with Crippen molar-refractivity contribution in [3.8, 4) is 0 Å². The lowest BCUT2D eigenvalue weighted by atomic mass is 9.90. The molecular formula is C13H20N2O2S. The van der Waals surface area contributed by atoms with Crippen molar-refractivity contribution >= 4 is 23.6 Å². The van der Waals surface area contributed by atoms with Crippen LogP contribution >= 0.6 is 11.8 Å². The maximum atomic E-state index is 12.7.